The van der Waals surface area contributed by atoms with Gasteiger partial charge in [0.15, 0.2) is 0 Å². The normalized spacial score (nSPS) is 34.2. The van der Waals surface area contributed by atoms with Gasteiger partial charge >= 0.3 is 6.09 Å². The van der Waals surface area contributed by atoms with Crippen LogP contribution in [0.1, 0.15) is 6.42 Å². The number of fused-ring (bicyclic) bond motifs is 2. The average Bonchev–Trinajstić information content (AvgIpc) is 1.84. The van der Waals surface area contributed by atoms with Gasteiger partial charge in [0.25, 0.3) is 0 Å². The molecule has 3 aliphatic rings. The van der Waals surface area contributed by atoms with E-state index in [1.165, 1.54) is 4.90 Å². The molecule has 0 spiro atoms. The Morgan fingerprint density at radius 1 is 1.73 bits per heavy atom. The molecule has 2 bridgehead atoms. The van der Waals surface area contributed by atoms with Crippen LogP contribution >= 0.6 is 0 Å². The van der Waals surface area contributed by atoms with Crippen molar-refractivity contribution in [3.8, 4) is 0 Å². The summed E-state index contributed by atoms with van der Waals surface area (Å²) in [6.45, 7) is 0.474. The summed E-state index contributed by atoms with van der Waals surface area (Å²) in [5.74, 6) is -0.157. The van der Waals surface area contributed by atoms with Gasteiger partial charge in [0.2, 0.25) is 5.91 Å². The summed E-state index contributed by atoms with van der Waals surface area (Å²) >= 11 is 0. The molecular weight excluding hydrogens is 148 g/mol. The molecule has 5 heteroatoms. The van der Waals surface area contributed by atoms with Gasteiger partial charge in [-0.3, -0.25) is 9.69 Å². The van der Waals surface area contributed by atoms with Crippen molar-refractivity contribution in [2.24, 2.45) is 0 Å². The predicted molar refractivity (Wildman–Crippen MR) is 35.1 cm³/mol. The molecule has 3 heterocycles. The van der Waals surface area contributed by atoms with E-state index in [1.807, 2.05) is 0 Å². The zero-order valence-corrected chi connectivity index (χ0v) is 5.78. The molecule has 11 heavy (non-hydrogen) atoms. The molecule has 3 saturated heterocycles. The Hall–Kier alpha value is -1.26. The van der Waals surface area contributed by atoms with Crippen LogP contribution in [-0.2, 0) is 4.79 Å². The molecule has 5 nitrogen and oxygen atoms in total. The third kappa shape index (κ3) is 0.704. The third-order valence-corrected chi connectivity index (χ3v) is 2.26. The molecule has 3 aliphatic heterocycles. The lowest BCUT2D eigenvalue weighted by Gasteiger charge is -2.49. The van der Waals surface area contributed by atoms with Crippen LogP contribution in [-0.4, -0.2) is 40.6 Å². The van der Waals surface area contributed by atoms with E-state index in [1.54, 1.807) is 0 Å². The molecule has 2 amide bonds. The Bertz CT molecular complexity index is 226. The Kier molecular flexibility index (Phi) is 1.10. The number of rotatable bonds is 0. The number of carbonyl (C=O) groups is 2. The number of amides is 2. The zero-order valence-electron chi connectivity index (χ0n) is 5.78. The Morgan fingerprint density at radius 2 is 2.45 bits per heavy atom. The van der Waals surface area contributed by atoms with Crippen molar-refractivity contribution >= 4 is 12.0 Å². The third-order valence-electron chi connectivity index (χ3n) is 2.26. The van der Waals surface area contributed by atoms with Gasteiger partial charge in [0.1, 0.15) is 6.04 Å². The molecule has 3 fully saturated rings. The molecule has 0 aromatic carbocycles. The number of piperidine rings is 1. The number of hydrogen-bond acceptors (Lipinski definition) is 2. The first-order valence-corrected chi connectivity index (χ1v) is 3.49. The lowest BCUT2D eigenvalue weighted by Crippen LogP contribution is -2.71. The Labute approximate surface area is 63.0 Å². The van der Waals surface area contributed by atoms with E-state index in [0.29, 0.717) is 13.0 Å². The van der Waals surface area contributed by atoms with E-state index < -0.39 is 12.1 Å². The monoisotopic (exact) mass is 156 g/mol. The number of carbonyl (C=O) groups excluding carboxylic acids is 1. The second-order valence-electron chi connectivity index (χ2n) is 2.84. The van der Waals surface area contributed by atoms with Crippen molar-refractivity contribution in [2.75, 3.05) is 6.54 Å². The molecule has 0 aromatic heterocycles. The van der Waals surface area contributed by atoms with Gasteiger partial charge in [-0.25, -0.2) is 4.79 Å². The van der Waals surface area contributed by atoms with Crippen LogP contribution in [0.4, 0.5) is 4.79 Å². The average molecular weight is 156 g/mol. The maximum Gasteiger partial charge on any atom is 0.408 e. The molecule has 0 aromatic rings. The zero-order chi connectivity index (χ0) is 8.01. The second kappa shape index (κ2) is 1.87. The molecule has 60 valence electrons. The van der Waals surface area contributed by atoms with Crippen LogP contribution in [0.3, 0.4) is 0 Å². The van der Waals surface area contributed by atoms with Crippen LogP contribution in [0.5, 0.6) is 0 Å². The lowest BCUT2D eigenvalue weighted by molar-refractivity contribution is -0.138. The SMILES string of the molecule is O=C1NC[C@H]2CC1N2C(=O)O. The highest BCUT2D eigenvalue weighted by Gasteiger charge is 2.49. The van der Waals surface area contributed by atoms with E-state index >= 15 is 0 Å². The lowest BCUT2D eigenvalue weighted by atomic mass is 9.89. The fraction of sp³-hybridized carbons (Fsp3) is 0.667. The highest BCUT2D eigenvalue weighted by molar-refractivity contribution is 5.89. The molecule has 2 N–H and O–H groups in total. The van der Waals surface area contributed by atoms with Gasteiger partial charge in [-0.2, -0.15) is 0 Å². The highest BCUT2D eigenvalue weighted by Crippen LogP contribution is 2.28. The fourth-order valence-corrected chi connectivity index (χ4v) is 1.64. The van der Waals surface area contributed by atoms with Gasteiger partial charge in [0.05, 0.1) is 6.04 Å². The Morgan fingerprint density at radius 3 is 2.82 bits per heavy atom. The van der Waals surface area contributed by atoms with Crippen LogP contribution in [0.2, 0.25) is 0 Å². The van der Waals surface area contributed by atoms with Crippen molar-refractivity contribution in [1.29, 1.82) is 0 Å². The molecule has 1 unspecified atom stereocenters. The number of piperazine rings is 1. The number of nitrogens with zero attached hydrogens (tertiary/aromatic N) is 1. The van der Waals surface area contributed by atoms with E-state index in [-0.39, 0.29) is 11.9 Å². The van der Waals surface area contributed by atoms with E-state index in [2.05, 4.69) is 5.32 Å². The van der Waals surface area contributed by atoms with Crippen LogP contribution in [0, 0.1) is 0 Å². The van der Waals surface area contributed by atoms with Gasteiger partial charge in [-0.15, -0.1) is 0 Å². The van der Waals surface area contributed by atoms with Crippen LogP contribution in [0.15, 0.2) is 0 Å². The molecule has 0 radical (unpaired) electrons. The first-order chi connectivity index (χ1) is 5.20. The fourth-order valence-electron chi connectivity index (χ4n) is 1.64. The van der Waals surface area contributed by atoms with Gasteiger partial charge in [-0.05, 0) is 6.42 Å². The van der Waals surface area contributed by atoms with E-state index in [4.69, 9.17) is 5.11 Å². The molecule has 0 aliphatic carbocycles. The summed E-state index contributed by atoms with van der Waals surface area (Å²) in [5.41, 5.74) is 0. The maximum atomic E-state index is 10.9. The predicted octanol–water partition coefficient (Wildman–Crippen LogP) is -0.763. The van der Waals surface area contributed by atoms with Crippen molar-refractivity contribution in [1.82, 2.24) is 10.2 Å². The van der Waals surface area contributed by atoms with E-state index in [0.717, 1.165) is 0 Å². The van der Waals surface area contributed by atoms with Crippen molar-refractivity contribution in [3.63, 3.8) is 0 Å². The number of carboxylic acid groups (broad SMARTS) is 1. The smallest absolute Gasteiger partial charge is 0.408 e. The standard InChI is InChI=1S/C6H8N2O3/c9-5-4-1-3(2-7-5)8(4)6(10)11/h3-4H,1-2H2,(H,7,9)(H,10,11)/t3-,4?/m1/s1. The quantitative estimate of drug-likeness (QED) is 0.484. The summed E-state index contributed by atoms with van der Waals surface area (Å²) in [4.78, 5) is 22.6. The van der Waals surface area contributed by atoms with Crippen molar-refractivity contribution < 1.29 is 14.7 Å². The summed E-state index contributed by atoms with van der Waals surface area (Å²) in [6, 6.07) is -0.388. The van der Waals surface area contributed by atoms with Crippen molar-refractivity contribution in [2.45, 2.75) is 18.5 Å². The Balaban J connectivity index is 2.15. The minimum absolute atomic E-state index is 0.0233. The van der Waals surface area contributed by atoms with E-state index in [9.17, 15) is 9.59 Å². The molecule has 0 saturated carbocycles. The number of nitrogens with one attached hydrogen (secondary N) is 1. The first kappa shape index (κ1) is 6.45. The summed E-state index contributed by atoms with van der Waals surface area (Å²) in [6.07, 6.45) is -0.292. The molecule has 2 atom stereocenters. The van der Waals surface area contributed by atoms with Gasteiger partial charge in [-0.1, -0.05) is 0 Å². The van der Waals surface area contributed by atoms with Crippen LogP contribution < -0.4 is 5.32 Å². The first-order valence-electron chi connectivity index (χ1n) is 3.49. The largest absolute Gasteiger partial charge is 0.465 e. The summed E-state index contributed by atoms with van der Waals surface area (Å²) < 4.78 is 0. The molecule has 3 rings (SSSR count). The van der Waals surface area contributed by atoms with Crippen LogP contribution in [0.25, 0.3) is 0 Å². The summed E-state index contributed by atoms with van der Waals surface area (Å²) in [5, 5.41) is 11.2. The van der Waals surface area contributed by atoms with Crippen molar-refractivity contribution in [3.05, 3.63) is 0 Å². The topological polar surface area (TPSA) is 69.6 Å². The minimum Gasteiger partial charge on any atom is -0.465 e. The minimum atomic E-state index is -0.985. The second-order valence-corrected chi connectivity index (χ2v) is 2.84. The van der Waals surface area contributed by atoms with Gasteiger partial charge in [0, 0.05) is 6.54 Å². The highest BCUT2D eigenvalue weighted by atomic mass is 16.4. The maximum absolute atomic E-state index is 10.9. The number of hydrogen-bond donors (Lipinski definition) is 2. The summed E-state index contributed by atoms with van der Waals surface area (Å²) in [7, 11) is 0. The molecular formula is C6H8N2O3. The van der Waals surface area contributed by atoms with Gasteiger partial charge < -0.3 is 10.4 Å².